The van der Waals surface area contributed by atoms with Crippen molar-refractivity contribution in [2.75, 3.05) is 13.6 Å². The van der Waals surface area contributed by atoms with Gasteiger partial charge in [0.2, 0.25) is 11.8 Å². The predicted molar refractivity (Wildman–Crippen MR) is 124 cm³/mol. The first-order valence-corrected chi connectivity index (χ1v) is 11.2. The van der Waals surface area contributed by atoms with Crippen LogP contribution in [-0.2, 0) is 17.8 Å². The second-order valence-electron chi connectivity index (χ2n) is 8.71. The number of hydrogen-bond acceptors (Lipinski definition) is 5. The molecule has 0 bridgehead atoms. The number of nitrogens with zero attached hydrogens (tertiary/aromatic N) is 3. The summed E-state index contributed by atoms with van der Waals surface area (Å²) in [5.74, 6) is 0.203. The van der Waals surface area contributed by atoms with Gasteiger partial charge in [-0.3, -0.25) is 9.59 Å². The molecule has 4 rings (SSSR count). The van der Waals surface area contributed by atoms with Crippen molar-refractivity contribution in [2.24, 2.45) is 0 Å². The van der Waals surface area contributed by atoms with Crippen LogP contribution in [0.5, 0.6) is 5.75 Å². The number of aromatic nitrogens is 1. The van der Waals surface area contributed by atoms with Crippen molar-refractivity contribution in [1.82, 2.24) is 14.8 Å². The number of hydrogen-bond donors (Lipinski definition) is 0. The van der Waals surface area contributed by atoms with E-state index in [1.807, 2.05) is 38.1 Å². The van der Waals surface area contributed by atoms with E-state index in [1.54, 1.807) is 22.9 Å². The molecular weight excluding hydrogens is 437 g/mol. The number of carbonyl (C=O) groups excluding carboxylic acids is 2. The Kier molecular flexibility index (Phi) is 6.68. The van der Waals surface area contributed by atoms with Crippen LogP contribution in [-0.4, -0.2) is 46.2 Å². The van der Waals surface area contributed by atoms with Crippen molar-refractivity contribution in [1.29, 1.82) is 0 Å². The Morgan fingerprint density at radius 3 is 2.76 bits per heavy atom. The highest BCUT2D eigenvalue weighted by Crippen LogP contribution is 2.37. The van der Waals surface area contributed by atoms with Crippen LogP contribution in [0.1, 0.15) is 59.9 Å². The maximum Gasteiger partial charge on any atom is 0.275 e. The van der Waals surface area contributed by atoms with Gasteiger partial charge in [-0.05, 0) is 61.2 Å². The van der Waals surface area contributed by atoms with Gasteiger partial charge in [0.1, 0.15) is 17.8 Å². The molecule has 1 aliphatic heterocycles. The number of rotatable bonds is 6. The van der Waals surface area contributed by atoms with Gasteiger partial charge in [-0.2, -0.15) is 0 Å². The molecule has 0 N–H and O–H groups in total. The minimum atomic E-state index is -0.405. The molecule has 1 atom stereocenters. The Bertz CT molecular complexity index is 1210. The molecule has 34 heavy (non-hydrogen) atoms. The molecule has 0 saturated heterocycles. The lowest BCUT2D eigenvalue weighted by atomic mass is 9.88. The van der Waals surface area contributed by atoms with E-state index in [4.69, 9.17) is 9.15 Å². The minimum absolute atomic E-state index is 0.0402. The summed E-state index contributed by atoms with van der Waals surface area (Å²) in [6.07, 6.45) is 2.03. The maximum atomic E-state index is 14.0. The normalized spacial score (nSPS) is 15.2. The van der Waals surface area contributed by atoms with Gasteiger partial charge < -0.3 is 19.0 Å². The number of benzene rings is 2. The second-order valence-corrected chi connectivity index (χ2v) is 8.71. The van der Waals surface area contributed by atoms with E-state index in [1.165, 1.54) is 25.3 Å². The smallest absolute Gasteiger partial charge is 0.275 e. The number of ether oxygens (including phenoxy) is 1. The first-order valence-electron chi connectivity index (χ1n) is 11.2. The molecule has 0 saturated carbocycles. The lowest BCUT2D eigenvalue weighted by molar-refractivity contribution is -0.130. The topological polar surface area (TPSA) is 75.9 Å². The summed E-state index contributed by atoms with van der Waals surface area (Å²) < 4.78 is 25.3. The van der Waals surface area contributed by atoms with Gasteiger partial charge in [0.15, 0.2) is 12.3 Å². The molecule has 0 spiro atoms. The van der Waals surface area contributed by atoms with Crippen LogP contribution in [0.4, 0.5) is 4.39 Å². The molecule has 7 nitrogen and oxygen atoms in total. The Morgan fingerprint density at radius 1 is 1.26 bits per heavy atom. The molecule has 1 aliphatic rings. The van der Waals surface area contributed by atoms with Crippen LogP contribution >= 0.6 is 0 Å². The van der Waals surface area contributed by atoms with Crippen LogP contribution in [0.25, 0.3) is 0 Å². The number of fused-ring (bicyclic) bond motifs is 1. The van der Waals surface area contributed by atoms with Crippen molar-refractivity contribution in [2.45, 2.75) is 45.9 Å². The zero-order chi connectivity index (χ0) is 24.4. The summed E-state index contributed by atoms with van der Waals surface area (Å²) in [5.41, 5.74) is 2.91. The van der Waals surface area contributed by atoms with Crippen molar-refractivity contribution in [3.8, 4) is 5.75 Å². The fraction of sp³-hybridized carbons (Fsp3) is 0.346. The number of amides is 2. The van der Waals surface area contributed by atoms with Crippen molar-refractivity contribution in [3.63, 3.8) is 0 Å². The molecular formula is C26H28FN3O4. The Morgan fingerprint density at radius 2 is 2.06 bits per heavy atom. The monoisotopic (exact) mass is 465 g/mol. The highest BCUT2D eigenvalue weighted by atomic mass is 19.1. The third kappa shape index (κ3) is 4.81. The summed E-state index contributed by atoms with van der Waals surface area (Å²) in [4.78, 5) is 32.4. The van der Waals surface area contributed by atoms with Crippen LogP contribution in [0.15, 0.2) is 53.1 Å². The lowest BCUT2D eigenvalue weighted by Crippen LogP contribution is -2.39. The van der Waals surface area contributed by atoms with Gasteiger partial charge in [-0.1, -0.05) is 18.2 Å². The van der Waals surface area contributed by atoms with Gasteiger partial charge in [0.25, 0.3) is 5.91 Å². The van der Waals surface area contributed by atoms with Gasteiger partial charge in [0.05, 0.1) is 6.04 Å². The van der Waals surface area contributed by atoms with E-state index in [0.29, 0.717) is 24.3 Å². The average molecular weight is 466 g/mol. The number of oxazole rings is 1. The van der Waals surface area contributed by atoms with Crippen LogP contribution in [0.2, 0.25) is 0 Å². The van der Waals surface area contributed by atoms with Crippen LogP contribution in [0, 0.1) is 5.82 Å². The SMILES string of the molecule is CC(=O)N1CCc2ccc(OCc3nc(C(=O)N(C)C(C)C)co3)cc2C1c1cccc(F)c1. The largest absolute Gasteiger partial charge is 0.484 e. The summed E-state index contributed by atoms with van der Waals surface area (Å²) in [6, 6.07) is 11.7. The molecule has 2 amide bonds. The summed E-state index contributed by atoms with van der Waals surface area (Å²) in [5, 5.41) is 0. The fourth-order valence-corrected chi connectivity index (χ4v) is 4.09. The number of carbonyl (C=O) groups is 2. The molecule has 0 aliphatic carbocycles. The summed E-state index contributed by atoms with van der Waals surface area (Å²) >= 11 is 0. The van der Waals surface area contributed by atoms with E-state index in [0.717, 1.165) is 11.1 Å². The lowest BCUT2D eigenvalue weighted by Gasteiger charge is -2.37. The second kappa shape index (κ2) is 9.67. The van der Waals surface area contributed by atoms with E-state index < -0.39 is 6.04 Å². The molecule has 2 aromatic carbocycles. The fourth-order valence-electron chi connectivity index (χ4n) is 4.09. The van der Waals surface area contributed by atoms with Gasteiger partial charge in [-0.15, -0.1) is 0 Å². The van der Waals surface area contributed by atoms with Gasteiger partial charge in [0, 0.05) is 26.6 Å². The quantitative estimate of drug-likeness (QED) is 0.541. The first-order chi connectivity index (χ1) is 16.2. The van der Waals surface area contributed by atoms with E-state index in [2.05, 4.69) is 4.98 Å². The zero-order valence-corrected chi connectivity index (χ0v) is 19.7. The molecule has 0 fully saturated rings. The van der Waals surface area contributed by atoms with Gasteiger partial charge >= 0.3 is 0 Å². The predicted octanol–water partition coefficient (Wildman–Crippen LogP) is 4.37. The van der Waals surface area contributed by atoms with Crippen LogP contribution in [0.3, 0.4) is 0 Å². The molecule has 3 aromatic rings. The van der Waals surface area contributed by atoms with Crippen LogP contribution < -0.4 is 4.74 Å². The van der Waals surface area contributed by atoms with Crippen molar-refractivity contribution >= 4 is 11.8 Å². The third-order valence-electron chi connectivity index (χ3n) is 6.14. The standard InChI is InChI=1S/C26H28FN3O4/c1-16(2)29(4)26(32)23-14-34-24(28-23)15-33-21-9-8-18-10-11-30(17(3)31)25(22(18)13-21)19-6-5-7-20(27)12-19/h5-9,12-14,16,25H,10-11,15H2,1-4H3. The van der Waals surface area contributed by atoms with Crippen molar-refractivity contribution in [3.05, 3.63) is 82.8 Å². The maximum absolute atomic E-state index is 14.0. The molecule has 8 heteroatoms. The average Bonchev–Trinajstić information content (AvgIpc) is 3.29. The summed E-state index contributed by atoms with van der Waals surface area (Å²) in [7, 11) is 1.71. The minimum Gasteiger partial charge on any atom is -0.484 e. The first kappa shape index (κ1) is 23.5. The zero-order valence-electron chi connectivity index (χ0n) is 19.7. The van der Waals surface area contributed by atoms with E-state index >= 15 is 0 Å². The molecule has 2 heterocycles. The third-order valence-corrected chi connectivity index (χ3v) is 6.14. The molecule has 1 unspecified atom stereocenters. The number of halogens is 1. The van der Waals surface area contributed by atoms with Gasteiger partial charge in [-0.25, -0.2) is 9.37 Å². The van der Waals surface area contributed by atoms with Crippen molar-refractivity contribution < 1.29 is 23.1 Å². The Labute approximate surface area is 198 Å². The molecule has 0 radical (unpaired) electrons. The summed E-state index contributed by atoms with van der Waals surface area (Å²) in [6.45, 7) is 5.96. The molecule has 178 valence electrons. The highest BCUT2D eigenvalue weighted by Gasteiger charge is 2.31. The molecule has 1 aromatic heterocycles. The Hall–Kier alpha value is -3.68. The van der Waals surface area contributed by atoms with E-state index in [-0.39, 0.29) is 41.9 Å². The van der Waals surface area contributed by atoms with E-state index in [9.17, 15) is 14.0 Å². The highest BCUT2D eigenvalue weighted by molar-refractivity contribution is 5.91. The Balaban J connectivity index is 1.56.